The van der Waals surface area contributed by atoms with Crippen LogP contribution >= 0.6 is 35.8 Å². The summed E-state index contributed by atoms with van der Waals surface area (Å²) in [7, 11) is 0. The summed E-state index contributed by atoms with van der Waals surface area (Å²) in [6.07, 6.45) is 0. The summed E-state index contributed by atoms with van der Waals surface area (Å²) in [4.78, 5) is 25.5. The highest BCUT2D eigenvalue weighted by Gasteiger charge is 2.09. The zero-order chi connectivity index (χ0) is 11.9. The number of thiol groups is 1. The monoisotopic (exact) mass is 273 g/mol. The van der Waals surface area contributed by atoms with E-state index in [1.165, 1.54) is 12.1 Å². The highest BCUT2D eigenvalue weighted by atomic mass is 35.5. The third-order valence-corrected chi connectivity index (χ3v) is 2.83. The van der Waals surface area contributed by atoms with Crippen LogP contribution in [0.3, 0.4) is 0 Å². The second-order valence-electron chi connectivity index (χ2n) is 3.16. The quantitative estimate of drug-likeness (QED) is 0.785. The van der Waals surface area contributed by atoms with E-state index in [4.69, 9.17) is 23.2 Å². The fraction of sp³-hybridized carbons (Fsp3) is 0. The lowest BCUT2D eigenvalue weighted by atomic mass is 10.2. The molecule has 16 heavy (non-hydrogen) atoms. The molecule has 0 unspecified atom stereocenters. The van der Waals surface area contributed by atoms with E-state index in [1.54, 1.807) is 0 Å². The molecule has 0 bridgehead atoms. The smallest absolute Gasteiger partial charge is 0.232 e. The maximum Gasteiger partial charge on any atom is 0.232 e. The van der Waals surface area contributed by atoms with E-state index in [2.05, 4.69) is 17.6 Å². The molecule has 0 radical (unpaired) electrons. The van der Waals surface area contributed by atoms with Gasteiger partial charge in [0, 0.05) is 11.1 Å². The predicted octanol–water partition coefficient (Wildman–Crippen LogP) is 2.90. The molecule has 1 aromatic carbocycles. The van der Waals surface area contributed by atoms with Crippen molar-refractivity contribution in [1.29, 1.82) is 0 Å². The van der Waals surface area contributed by atoms with E-state index < -0.39 is 5.12 Å². The van der Waals surface area contributed by atoms with Crippen LogP contribution in [0.4, 0.5) is 0 Å². The molecule has 82 valence electrons. The second-order valence-corrected chi connectivity index (χ2v) is 4.41. The fourth-order valence-electron chi connectivity index (χ4n) is 1.42. The lowest BCUT2D eigenvalue weighted by molar-refractivity contribution is 0.108. The number of aromatic amines is 1. The number of rotatable bonds is 1. The summed E-state index contributed by atoms with van der Waals surface area (Å²) in [5.74, 6) is 0. The van der Waals surface area contributed by atoms with Gasteiger partial charge in [0.05, 0.1) is 21.6 Å². The minimum atomic E-state index is -0.518. The number of hydrogen-bond donors (Lipinski definition) is 2. The first kappa shape index (κ1) is 11.5. The molecule has 0 saturated carbocycles. The Kier molecular flexibility index (Phi) is 2.97. The molecule has 6 heteroatoms. The second kappa shape index (κ2) is 4.13. The van der Waals surface area contributed by atoms with Gasteiger partial charge in [-0.15, -0.1) is 0 Å². The van der Waals surface area contributed by atoms with Crippen molar-refractivity contribution in [3.8, 4) is 0 Å². The summed E-state index contributed by atoms with van der Waals surface area (Å²) in [6, 6.07) is 4.17. The van der Waals surface area contributed by atoms with Crippen molar-refractivity contribution in [2.45, 2.75) is 0 Å². The van der Waals surface area contributed by atoms with Crippen LogP contribution in [-0.4, -0.2) is 10.1 Å². The third-order valence-electron chi connectivity index (χ3n) is 2.08. The number of halogens is 2. The fourth-order valence-corrected chi connectivity index (χ4v) is 2.13. The number of aromatic nitrogens is 1. The van der Waals surface area contributed by atoms with Crippen molar-refractivity contribution < 1.29 is 4.79 Å². The van der Waals surface area contributed by atoms with Crippen molar-refractivity contribution in [1.82, 2.24) is 4.98 Å². The van der Waals surface area contributed by atoms with Crippen LogP contribution in [0.1, 0.15) is 10.5 Å². The van der Waals surface area contributed by atoms with Crippen LogP contribution in [0, 0.1) is 0 Å². The average Bonchev–Trinajstić information content (AvgIpc) is 2.15. The Bertz CT molecular complexity index is 651. The van der Waals surface area contributed by atoms with E-state index in [-0.39, 0.29) is 16.1 Å². The van der Waals surface area contributed by atoms with Crippen molar-refractivity contribution in [2.24, 2.45) is 0 Å². The molecular formula is C10H5Cl2NO2S. The number of hydrogen-bond acceptors (Lipinski definition) is 2. The molecule has 3 nitrogen and oxygen atoms in total. The summed E-state index contributed by atoms with van der Waals surface area (Å²) >= 11 is 15.3. The number of pyridine rings is 1. The van der Waals surface area contributed by atoms with Gasteiger partial charge in [0.25, 0.3) is 0 Å². The highest BCUT2D eigenvalue weighted by molar-refractivity contribution is 7.97. The Balaban J connectivity index is 2.93. The van der Waals surface area contributed by atoms with Crippen LogP contribution in [0.2, 0.25) is 10.0 Å². The number of benzene rings is 1. The average molecular weight is 274 g/mol. The molecule has 2 rings (SSSR count). The van der Waals surface area contributed by atoms with E-state index in [0.717, 1.165) is 6.07 Å². The highest BCUT2D eigenvalue weighted by Crippen LogP contribution is 2.24. The molecule has 1 N–H and O–H groups in total. The van der Waals surface area contributed by atoms with Crippen LogP contribution in [-0.2, 0) is 0 Å². The van der Waals surface area contributed by atoms with Gasteiger partial charge in [0.1, 0.15) is 0 Å². The predicted molar refractivity (Wildman–Crippen MR) is 67.9 cm³/mol. The molecule has 2 aromatic rings. The van der Waals surface area contributed by atoms with E-state index in [0.29, 0.717) is 15.9 Å². The van der Waals surface area contributed by atoms with Gasteiger partial charge in [0.2, 0.25) is 5.12 Å². The van der Waals surface area contributed by atoms with Crippen LogP contribution < -0.4 is 5.43 Å². The SMILES string of the molecule is O=C(S)c1cc(=O)c2c(Cl)cc(Cl)cc2[nH]1. The van der Waals surface area contributed by atoms with Crippen molar-refractivity contribution in [3.05, 3.63) is 44.2 Å². The zero-order valence-corrected chi connectivity index (χ0v) is 10.2. The molecule has 0 aliphatic rings. The normalized spacial score (nSPS) is 10.7. The Hall–Kier alpha value is -0.970. The molecule has 0 fully saturated rings. The number of H-pyrrole nitrogens is 1. The van der Waals surface area contributed by atoms with Gasteiger partial charge in [-0.05, 0) is 12.1 Å². The van der Waals surface area contributed by atoms with Gasteiger partial charge in [-0.3, -0.25) is 9.59 Å². The Morgan fingerprint density at radius 2 is 1.94 bits per heavy atom. The Labute approximate surface area is 106 Å². The summed E-state index contributed by atoms with van der Waals surface area (Å²) in [5, 5.41) is 0.429. The molecule has 0 saturated heterocycles. The van der Waals surface area contributed by atoms with Crippen LogP contribution in [0.15, 0.2) is 23.0 Å². The minimum absolute atomic E-state index is 0.110. The van der Waals surface area contributed by atoms with Crippen LogP contribution in [0.25, 0.3) is 10.9 Å². The third kappa shape index (κ3) is 1.96. The van der Waals surface area contributed by atoms with E-state index in [1.807, 2.05) is 0 Å². The molecule has 0 atom stereocenters. The standard InChI is InChI=1S/C10H5Cl2NO2S/c11-4-1-5(12)9-6(2-4)13-7(10(15)16)3-8(9)14/h1-3H,(H,13,14)(H,15,16). The topological polar surface area (TPSA) is 49.9 Å². The number of carbonyl (C=O) groups excluding carboxylic acids is 1. The lowest BCUT2D eigenvalue weighted by Crippen LogP contribution is -2.07. The van der Waals surface area contributed by atoms with Crippen molar-refractivity contribution >= 4 is 51.8 Å². The maximum absolute atomic E-state index is 11.7. The maximum atomic E-state index is 11.7. The number of carbonyl (C=O) groups is 1. The Morgan fingerprint density at radius 3 is 2.56 bits per heavy atom. The Morgan fingerprint density at radius 1 is 1.25 bits per heavy atom. The van der Waals surface area contributed by atoms with Gasteiger partial charge in [0.15, 0.2) is 5.43 Å². The van der Waals surface area contributed by atoms with Gasteiger partial charge >= 0.3 is 0 Å². The zero-order valence-electron chi connectivity index (χ0n) is 7.75. The van der Waals surface area contributed by atoms with Gasteiger partial charge in [-0.1, -0.05) is 35.8 Å². The molecule has 0 aliphatic carbocycles. The van der Waals surface area contributed by atoms with Gasteiger partial charge in [-0.2, -0.15) is 0 Å². The molecular weight excluding hydrogens is 269 g/mol. The first-order valence-electron chi connectivity index (χ1n) is 4.24. The summed E-state index contributed by atoms with van der Waals surface area (Å²) in [5.41, 5.74) is 0.189. The molecule has 1 heterocycles. The van der Waals surface area contributed by atoms with E-state index in [9.17, 15) is 9.59 Å². The van der Waals surface area contributed by atoms with Crippen LogP contribution in [0.5, 0.6) is 0 Å². The molecule has 0 amide bonds. The van der Waals surface area contributed by atoms with Gasteiger partial charge < -0.3 is 4.98 Å². The number of nitrogens with one attached hydrogen (secondary N) is 1. The van der Waals surface area contributed by atoms with Crippen molar-refractivity contribution in [2.75, 3.05) is 0 Å². The summed E-state index contributed by atoms with van der Waals surface area (Å²) < 4.78 is 0. The molecule has 0 aliphatic heterocycles. The van der Waals surface area contributed by atoms with Crippen molar-refractivity contribution in [3.63, 3.8) is 0 Å². The summed E-state index contributed by atoms with van der Waals surface area (Å²) in [6.45, 7) is 0. The largest absolute Gasteiger partial charge is 0.351 e. The molecule has 0 spiro atoms. The molecule has 1 aromatic heterocycles. The number of fused-ring (bicyclic) bond motifs is 1. The first-order chi connectivity index (χ1) is 7.49. The lowest BCUT2D eigenvalue weighted by Gasteiger charge is -2.03. The minimum Gasteiger partial charge on any atom is -0.351 e. The van der Waals surface area contributed by atoms with Gasteiger partial charge in [-0.25, -0.2) is 0 Å². The first-order valence-corrected chi connectivity index (χ1v) is 5.45. The van der Waals surface area contributed by atoms with E-state index >= 15 is 0 Å².